The monoisotopic (exact) mass is 338 g/mol. The van der Waals surface area contributed by atoms with Crippen molar-refractivity contribution in [2.24, 2.45) is 0 Å². The molecule has 0 atom stereocenters. The van der Waals surface area contributed by atoms with Gasteiger partial charge in [-0.2, -0.15) is 0 Å². The minimum absolute atomic E-state index is 0.103. The Balaban J connectivity index is 2.47. The second-order valence-corrected chi connectivity index (χ2v) is 6.02. The summed E-state index contributed by atoms with van der Waals surface area (Å²) in [6.07, 6.45) is 0. The summed E-state index contributed by atoms with van der Waals surface area (Å²) in [7, 11) is 0. The van der Waals surface area contributed by atoms with Gasteiger partial charge in [-0.25, -0.2) is 13.6 Å². The average Bonchev–Trinajstić information content (AvgIpc) is 2.56. The molecule has 0 spiro atoms. The van der Waals surface area contributed by atoms with E-state index in [9.17, 15) is 13.6 Å². The molecule has 3 rings (SSSR count). The van der Waals surface area contributed by atoms with Gasteiger partial charge in [0.25, 0.3) is 0 Å². The van der Waals surface area contributed by atoms with Gasteiger partial charge < -0.3 is 4.42 Å². The van der Waals surface area contributed by atoms with Crippen LogP contribution >= 0.6 is 0 Å². The van der Waals surface area contributed by atoms with Gasteiger partial charge in [0.2, 0.25) is 0 Å². The maximum absolute atomic E-state index is 14.8. The summed E-state index contributed by atoms with van der Waals surface area (Å²) >= 11 is 0. The molecule has 0 amide bonds. The first-order valence-electron chi connectivity index (χ1n) is 7.67. The summed E-state index contributed by atoms with van der Waals surface area (Å²) in [6.45, 7) is 11.0. The van der Waals surface area contributed by atoms with E-state index in [-0.39, 0.29) is 21.4 Å². The topological polar surface area (TPSA) is 30.2 Å². The number of benzene rings is 2. The van der Waals surface area contributed by atoms with E-state index in [0.29, 0.717) is 16.3 Å². The summed E-state index contributed by atoms with van der Waals surface area (Å²) in [6, 6.07) is 9.98. The highest BCUT2D eigenvalue weighted by Gasteiger charge is 2.14. The van der Waals surface area contributed by atoms with Crippen LogP contribution in [0.1, 0.15) is 11.1 Å². The van der Waals surface area contributed by atoms with Crippen molar-refractivity contribution in [3.63, 3.8) is 0 Å². The second-order valence-electron chi connectivity index (χ2n) is 6.02. The predicted octanol–water partition coefficient (Wildman–Crippen LogP) is 3.31. The Morgan fingerprint density at radius 3 is 2.20 bits per heavy atom. The van der Waals surface area contributed by atoms with Gasteiger partial charge in [-0.05, 0) is 36.8 Å². The summed E-state index contributed by atoms with van der Waals surface area (Å²) in [5.41, 5.74) is 1.28. The number of rotatable bonds is 1. The zero-order chi connectivity index (χ0) is 18.3. The van der Waals surface area contributed by atoms with E-state index >= 15 is 0 Å². The van der Waals surface area contributed by atoms with Crippen molar-refractivity contribution in [2.75, 3.05) is 0 Å². The molecule has 0 radical (unpaired) electrons. The largest absolute Gasteiger partial charge is 0.422 e. The highest BCUT2D eigenvalue weighted by atomic mass is 19.2. The number of aryl methyl sites for hydroxylation is 2. The van der Waals surface area contributed by atoms with Crippen molar-refractivity contribution in [1.29, 1.82) is 0 Å². The minimum atomic E-state index is -1.11. The Hall–Kier alpha value is -3.01. The molecule has 2 aromatic carbocycles. The molecule has 0 unspecified atom stereocenters. The smallest absolute Gasteiger partial charge is 0.339 e. The van der Waals surface area contributed by atoms with Crippen LogP contribution in [0.4, 0.5) is 8.78 Å². The van der Waals surface area contributed by atoms with Crippen LogP contribution < -0.4 is 16.1 Å². The van der Waals surface area contributed by atoms with Gasteiger partial charge in [-0.3, -0.25) is 0 Å². The number of hydrogen-bond acceptors (Lipinski definition) is 2. The lowest BCUT2D eigenvalue weighted by Gasteiger charge is -2.06. The van der Waals surface area contributed by atoms with Crippen molar-refractivity contribution >= 4 is 13.2 Å². The van der Waals surface area contributed by atoms with Crippen LogP contribution in [0.15, 0.2) is 45.6 Å². The Morgan fingerprint density at radius 1 is 0.920 bits per heavy atom. The first-order valence-corrected chi connectivity index (χ1v) is 7.67. The van der Waals surface area contributed by atoms with Gasteiger partial charge in [-0.1, -0.05) is 43.0 Å². The molecule has 0 aliphatic rings. The van der Waals surface area contributed by atoms with Gasteiger partial charge in [-0.15, -0.1) is 0 Å². The molecule has 1 aromatic heterocycles. The van der Waals surface area contributed by atoms with Gasteiger partial charge in [0.15, 0.2) is 11.6 Å². The molecule has 25 heavy (non-hydrogen) atoms. The lowest BCUT2D eigenvalue weighted by Crippen LogP contribution is -2.17. The van der Waals surface area contributed by atoms with Crippen LogP contribution in [0.2, 0.25) is 0 Å². The number of halogens is 2. The maximum Gasteiger partial charge on any atom is 0.339 e. The van der Waals surface area contributed by atoms with Gasteiger partial charge in [0, 0.05) is 16.3 Å². The van der Waals surface area contributed by atoms with Crippen molar-refractivity contribution in [2.45, 2.75) is 13.8 Å². The fraction of sp³-hybridized carbons (Fsp3) is 0.0952. The van der Waals surface area contributed by atoms with Gasteiger partial charge in [0.1, 0.15) is 5.42 Å². The van der Waals surface area contributed by atoms with Crippen LogP contribution in [0, 0.1) is 36.1 Å². The van der Waals surface area contributed by atoms with E-state index in [1.165, 1.54) is 12.1 Å². The zero-order valence-electron chi connectivity index (χ0n) is 14.0. The highest BCUT2D eigenvalue weighted by molar-refractivity contribution is 5.64. The summed E-state index contributed by atoms with van der Waals surface area (Å²) in [4.78, 5) is 11.8. The molecular formula is C21H16F2O2. The first-order chi connectivity index (χ1) is 11.8. The van der Waals surface area contributed by atoms with Gasteiger partial charge >= 0.3 is 5.63 Å². The Kier molecular flexibility index (Phi) is 4.13. The zero-order valence-corrected chi connectivity index (χ0v) is 14.0. The maximum atomic E-state index is 14.8. The SMILES string of the molecule is C=c1cc(C)c(=O)o/c1=c1\c(F)c(F)c(-c2ccc(C)cc2)cc1=C. The highest BCUT2D eigenvalue weighted by Crippen LogP contribution is 2.23. The molecule has 0 saturated heterocycles. The predicted molar refractivity (Wildman–Crippen MR) is 94.2 cm³/mol. The van der Waals surface area contributed by atoms with Gasteiger partial charge in [0.05, 0.1) is 5.22 Å². The van der Waals surface area contributed by atoms with Crippen molar-refractivity contribution in [3.05, 3.63) is 90.7 Å². The summed E-state index contributed by atoms with van der Waals surface area (Å²) in [5.74, 6) is -2.13. The van der Waals surface area contributed by atoms with Crippen molar-refractivity contribution < 1.29 is 13.2 Å². The molecular weight excluding hydrogens is 322 g/mol. The third-order valence-corrected chi connectivity index (χ3v) is 4.08. The van der Waals surface area contributed by atoms with E-state index in [4.69, 9.17) is 4.42 Å². The third kappa shape index (κ3) is 2.91. The molecule has 0 N–H and O–H groups in total. The second kappa shape index (κ2) is 6.13. The molecule has 1 heterocycles. The van der Waals surface area contributed by atoms with Crippen LogP contribution in [-0.2, 0) is 0 Å². The molecule has 0 bridgehead atoms. The summed E-state index contributed by atoms with van der Waals surface area (Å²) < 4.78 is 34.6. The molecule has 2 nitrogen and oxygen atoms in total. The molecule has 3 aromatic rings. The lowest BCUT2D eigenvalue weighted by atomic mass is 10.0. The number of hydrogen-bond donors (Lipinski definition) is 0. The van der Waals surface area contributed by atoms with E-state index in [0.717, 1.165) is 5.56 Å². The third-order valence-electron chi connectivity index (χ3n) is 4.08. The van der Waals surface area contributed by atoms with Crippen LogP contribution in [-0.4, -0.2) is 0 Å². The molecule has 0 fully saturated rings. The molecule has 126 valence electrons. The molecule has 4 heteroatoms. The van der Waals surface area contributed by atoms with Crippen LogP contribution in [0.3, 0.4) is 0 Å². The minimum Gasteiger partial charge on any atom is -0.422 e. The van der Waals surface area contributed by atoms with Crippen molar-refractivity contribution in [1.82, 2.24) is 0 Å². The Labute approximate surface area is 142 Å². The lowest BCUT2D eigenvalue weighted by molar-refractivity contribution is 0.457. The quantitative estimate of drug-likeness (QED) is 0.681. The van der Waals surface area contributed by atoms with Crippen LogP contribution in [0.5, 0.6) is 0 Å². The van der Waals surface area contributed by atoms with Crippen molar-refractivity contribution in [3.8, 4) is 11.1 Å². The molecule has 0 saturated carbocycles. The first kappa shape index (κ1) is 16.8. The van der Waals surface area contributed by atoms with E-state index in [1.54, 1.807) is 19.1 Å². The molecule has 0 aliphatic heterocycles. The Bertz CT molecular complexity index is 1220. The Morgan fingerprint density at radius 2 is 1.56 bits per heavy atom. The van der Waals surface area contributed by atoms with E-state index in [2.05, 4.69) is 13.2 Å². The standard InChI is InChI=1S/C21H16F2O2/c1-11-5-7-15(8-6-11)16-10-12(2)17(19(23)18(16)22)20-13(3)9-14(4)21(24)25-20/h5-10H,2-3H2,1,4H3/b20-17-. The van der Waals surface area contributed by atoms with E-state index in [1.807, 2.05) is 19.1 Å². The molecule has 0 aliphatic carbocycles. The van der Waals surface area contributed by atoms with Crippen LogP contribution in [0.25, 0.3) is 24.3 Å². The fourth-order valence-corrected chi connectivity index (χ4v) is 2.70. The normalized spacial score (nSPS) is 12.3. The fourth-order valence-electron chi connectivity index (χ4n) is 2.70. The van der Waals surface area contributed by atoms with E-state index < -0.39 is 17.3 Å². The average molecular weight is 338 g/mol. The summed E-state index contributed by atoms with van der Waals surface area (Å²) in [5, 5.41) is 0.324.